The quantitative estimate of drug-likeness (QED) is 0.845. The Morgan fingerprint density at radius 3 is 2.82 bits per heavy atom. The van der Waals surface area contributed by atoms with E-state index in [4.69, 9.17) is 4.74 Å². The Morgan fingerprint density at radius 2 is 2.14 bits per heavy atom. The molecule has 1 aromatic rings. The molecule has 1 fully saturated rings. The number of carbonyl (C=O) groups excluding carboxylic acids is 3. The monoisotopic (exact) mass is 306 g/mol. The van der Waals surface area contributed by atoms with Crippen LogP contribution in [-0.4, -0.2) is 35.3 Å². The largest absolute Gasteiger partial charge is 0.491 e. The van der Waals surface area contributed by atoms with Crippen LogP contribution in [-0.2, 0) is 16.1 Å². The van der Waals surface area contributed by atoms with Gasteiger partial charge in [-0.15, -0.1) is 0 Å². The lowest BCUT2D eigenvalue weighted by atomic mass is 10.0. The predicted molar refractivity (Wildman–Crippen MR) is 73.6 cm³/mol. The number of hydrogen-bond acceptors (Lipinski definition) is 4. The van der Waals surface area contributed by atoms with Gasteiger partial charge in [0, 0.05) is 13.0 Å². The smallest absolute Gasteiger partial charge is 0.258 e. The van der Waals surface area contributed by atoms with Crippen molar-refractivity contribution in [2.45, 2.75) is 32.4 Å². The van der Waals surface area contributed by atoms with E-state index in [1.54, 1.807) is 13.0 Å². The molecule has 116 valence electrons. The third kappa shape index (κ3) is 2.22. The molecule has 1 N–H and O–H groups in total. The molecule has 2 aliphatic rings. The number of ether oxygens (including phenoxy) is 1. The molecule has 0 spiro atoms. The fourth-order valence-corrected chi connectivity index (χ4v) is 2.86. The maximum Gasteiger partial charge on any atom is 0.258 e. The first kappa shape index (κ1) is 14.5. The van der Waals surface area contributed by atoms with Crippen LogP contribution in [0.1, 0.15) is 35.7 Å². The topological polar surface area (TPSA) is 75.7 Å². The summed E-state index contributed by atoms with van der Waals surface area (Å²) in [5, 5.41) is 2.21. The molecule has 0 aromatic heterocycles. The molecule has 3 amide bonds. The molecule has 2 aliphatic heterocycles. The molecular formula is C15H15FN2O4. The number of imide groups is 1. The van der Waals surface area contributed by atoms with Gasteiger partial charge in [0.05, 0.1) is 12.2 Å². The average molecular weight is 306 g/mol. The van der Waals surface area contributed by atoms with Gasteiger partial charge in [-0.25, -0.2) is 4.39 Å². The summed E-state index contributed by atoms with van der Waals surface area (Å²) < 4.78 is 19.5. The molecule has 1 aromatic carbocycles. The van der Waals surface area contributed by atoms with Gasteiger partial charge in [0.2, 0.25) is 11.8 Å². The minimum Gasteiger partial charge on any atom is -0.491 e. The van der Waals surface area contributed by atoms with E-state index < -0.39 is 23.7 Å². The number of hydrogen-bond donors (Lipinski definition) is 1. The summed E-state index contributed by atoms with van der Waals surface area (Å²) in [6.07, 6.45) is 0.424. The second-order valence-electron chi connectivity index (χ2n) is 5.24. The Balaban J connectivity index is 1.90. The second kappa shape index (κ2) is 5.40. The lowest BCUT2D eigenvalue weighted by Crippen LogP contribution is -2.52. The summed E-state index contributed by atoms with van der Waals surface area (Å²) in [6.45, 7) is 2.18. The van der Waals surface area contributed by atoms with Crippen molar-refractivity contribution in [2.75, 3.05) is 6.61 Å². The molecule has 0 aliphatic carbocycles. The van der Waals surface area contributed by atoms with Gasteiger partial charge in [0.25, 0.3) is 5.91 Å². The van der Waals surface area contributed by atoms with E-state index in [9.17, 15) is 18.8 Å². The van der Waals surface area contributed by atoms with Gasteiger partial charge < -0.3 is 9.64 Å². The zero-order valence-corrected chi connectivity index (χ0v) is 12.0. The van der Waals surface area contributed by atoms with Crippen molar-refractivity contribution in [3.8, 4) is 5.75 Å². The fourth-order valence-electron chi connectivity index (χ4n) is 2.86. The number of nitrogens with one attached hydrogen (secondary N) is 1. The molecule has 2 heterocycles. The van der Waals surface area contributed by atoms with Crippen LogP contribution >= 0.6 is 0 Å². The van der Waals surface area contributed by atoms with Crippen molar-refractivity contribution in [2.24, 2.45) is 0 Å². The highest BCUT2D eigenvalue weighted by atomic mass is 19.1. The molecule has 3 rings (SSSR count). The van der Waals surface area contributed by atoms with E-state index in [2.05, 4.69) is 5.32 Å². The Bertz CT molecular complexity index is 674. The zero-order valence-electron chi connectivity index (χ0n) is 12.0. The van der Waals surface area contributed by atoms with Gasteiger partial charge in [-0.05, 0) is 25.0 Å². The fraction of sp³-hybridized carbons (Fsp3) is 0.400. The Kier molecular flexibility index (Phi) is 3.56. The highest BCUT2D eigenvalue weighted by Crippen LogP contribution is 2.33. The summed E-state index contributed by atoms with van der Waals surface area (Å²) >= 11 is 0. The number of piperidine rings is 1. The number of fused-ring (bicyclic) bond motifs is 1. The molecule has 0 saturated carbocycles. The van der Waals surface area contributed by atoms with E-state index in [0.29, 0.717) is 12.2 Å². The molecule has 1 unspecified atom stereocenters. The van der Waals surface area contributed by atoms with E-state index in [1.165, 1.54) is 11.0 Å². The lowest BCUT2D eigenvalue weighted by molar-refractivity contribution is -0.136. The van der Waals surface area contributed by atoms with Gasteiger partial charge in [-0.3, -0.25) is 19.7 Å². The number of amides is 3. The minimum absolute atomic E-state index is 0.0275. The first-order valence-corrected chi connectivity index (χ1v) is 7.11. The first-order chi connectivity index (χ1) is 10.5. The van der Waals surface area contributed by atoms with E-state index in [0.717, 1.165) is 0 Å². The zero-order chi connectivity index (χ0) is 15.9. The first-order valence-electron chi connectivity index (χ1n) is 7.11. The van der Waals surface area contributed by atoms with Crippen LogP contribution in [0.15, 0.2) is 12.1 Å². The van der Waals surface area contributed by atoms with E-state index >= 15 is 0 Å². The summed E-state index contributed by atoms with van der Waals surface area (Å²) in [7, 11) is 0. The van der Waals surface area contributed by atoms with Gasteiger partial charge >= 0.3 is 0 Å². The third-order valence-corrected chi connectivity index (χ3v) is 3.89. The maximum atomic E-state index is 14.4. The average Bonchev–Trinajstić information content (AvgIpc) is 2.80. The molecule has 22 heavy (non-hydrogen) atoms. The second-order valence-corrected chi connectivity index (χ2v) is 5.24. The van der Waals surface area contributed by atoms with Crippen molar-refractivity contribution >= 4 is 17.7 Å². The molecule has 1 saturated heterocycles. The normalized spacial score (nSPS) is 20.9. The van der Waals surface area contributed by atoms with E-state index in [-0.39, 0.29) is 36.6 Å². The van der Waals surface area contributed by atoms with Gasteiger partial charge in [-0.2, -0.15) is 0 Å². The van der Waals surface area contributed by atoms with Crippen molar-refractivity contribution in [1.82, 2.24) is 10.2 Å². The highest BCUT2D eigenvalue weighted by Gasteiger charge is 2.40. The maximum absolute atomic E-state index is 14.4. The lowest BCUT2D eigenvalue weighted by Gasteiger charge is -2.29. The van der Waals surface area contributed by atoms with Crippen molar-refractivity contribution in [3.05, 3.63) is 29.1 Å². The Hall–Kier alpha value is -2.44. The number of nitrogens with zero attached hydrogens (tertiary/aromatic N) is 1. The van der Waals surface area contributed by atoms with Gasteiger partial charge in [-0.1, -0.05) is 6.07 Å². The summed E-state index contributed by atoms with van der Waals surface area (Å²) in [5.41, 5.74) is 0.478. The van der Waals surface area contributed by atoms with Crippen LogP contribution < -0.4 is 10.1 Å². The van der Waals surface area contributed by atoms with Crippen LogP contribution in [0.3, 0.4) is 0 Å². The molecule has 0 radical (unpaired) electrons. The summed E-state index contributed by atoms with van der Waals surface area (Å²) in [4.78, 5) is 36.9. The number of halogens is 1. The number of benzene rings is 1. The number of carbonyl (C=O) groups is 3. The van der Waals surface area contributed by atoms with Crippen molar-refractivity contribution in [1.29, 1.82) is 0 Å². The van der Waals surface area contributed by atoms with Crippen LogP contribution in [0, 0.1) is 5.82 Å². The van der Waals surface area contributed by atoms with Gasteiger partial charge in [0.1, 0.15) is 6.04 Å². The molecule has 6 nitrogen and oxygen atoms in total. The minimum atomic E-state index is -0.743. The van der Waals surface area contributed by atoms with E-state index in [1.807, 2.05) is 0 Å². The summed E-state index contributed by atoms with van der Waals surface area (Å²) in [6, 6.07) is 2.37. The standard InChI is InChI=1S/C15H15FN2O4/c1-2-22-10-5-3-8-7-18(15(21)12(8)13(10)16)9-4-6-11(19)17-14(9)20/h3,5,9H,2,4,6-7H2,1H3,(H,17,19,20). The van der Waals surface area contributed by atoms with Crippen LogP contribution in [0.5, 0.6) is 5.75 Å². The van der Waals surface area contributed by atoms with Crippen molar-refractivity contribution < 1.29 is 23.5 Å². The third-order valence-electron chi connectivity index (χ3n) is 3.89. The highest BCUT2D eigenvalue weighted by molar-refractivity contribution is 6.05. The number of rotatable bonds is 3. The van der Waals surface area contributed by atoms with Crippen LogP contribution in [0.4, 0.5) is 4.39 Å². The predicted octanol–water partition coefficient (Wildman–Crippen LogP) is 0.985. The Morgan fingerprint density at radius 1 is 1.36 bits per heavy atom. The van der Waals surface area contributed by atoms with Crippen LogP contribution in [0.25, 0.3) is 0 Å². The van der Waals surface area contributed by atoms with Crippen molar-refractivity contribution in [3.63, 3.8) is 0 Å². The Labute approximate surface area is 126 Å². The molecular weight excluding hydrogens is 291 g/mol. The summed E-state index contributed by atoms with van der Waals surface area (Å²) in [5.74, 6) is -2.07. The van der Waals surface area contributed by atoms with Crippen LogP contribution in [0.2, 0.25) is 0 Å². The van der Waals surface area contributed by atoms with Gasteiger partial charge in [0.15, 0.2) is 11.6 Å². The molecule has 0 bridgehead atoms. The SMILES string of the molecule is CCOc1ccc2c(c1F)C(=O)N(C1CCC(=O)NC1=O)C2. The molecule has 7 heteroatoms. The molecule has 1 atom stereocenters.